The Hall–Kier alpha value is -1.27. The van der Waals surface area contributed by atoms with Crippen LogP contribution in [0, 0.1) is 5.92 Å². The van der Waals surface area contributed by atoms with Crippen molar-refractivity contribution in [3.05, 3.63) is 28.7 Å². The number of pyridine rings is 1. The molecule has 0 aliphatic heterocycles. The number of hydrogen-bond acceptors (Lipinski definition) is 5. The van der Waals surface area contributed by atoms with Gasteiger partial charge in [-0.05, 0) is 59.7 Å². The summed E-state index contributed by atoms with van der Waals surface area (Å²) in [6.45, 7) is 2.25. The van der Waals surface area contributed by atoms with Gasteiger partial charge in [0, 0.05) is 10.7 Å². The van der Waals surface area contributed by atoms with Gasteiger partial charge in [-0.3, -0.25) is 4.98 Å². The highest BCUT2D eigenvalue weighted by atomic mass is 79.9. The topological polar surface area (TPSA) is 77.8 Å². The molecule has 1 aliphatic rings. The molecular formula is C14H17BrN4O. The minimum Gasteiger partial charge on any atom is -0.337 e. The fraction of sp³-hybridized carbons (Fsp3) is 0.500. The van der Waals surface area contributed by atoms with Gasteiger partial charge in [0.05, 0.1) is 5.54 Å². The van der Waals surface area contributed by atoms with Crippen LogP contribution in [0.1, 0.15) is 38.5 Å². The quantitative estimate of drug-likeness (QED) is 0.910. The van der Waals surface area contributed by atoms with Crippen molar-refractivity contribution in [1.82, 2.24) is 15.1 Å². The highest BCUT2D eigenvalue weighted by molar-refractivity contribution is 9.10. The van der Waals surface area contributed by atoms with Crippen molar-refractivity contribution < 1.29 is 4.52 Å². The van der Waals surface area contributed by atoms with Crippen LogP contribution < -0.4 is 5.73 Å². The Labute approximate surface area is 126 Å². The zero-order valence-corrected chi connectivity index (χ0v) is 12.9. The van der Waals surface area contributed by atoms with Gasteiger partial charge in [0.2, 0.25) is 11.7 Å². The lowest BCUT2D eigenvalue weighted by molar-refractivity contribution is 0.190. The van der Waals surface area contributed by atoms with E-state index in [9.17, 15) is 0 Å². The van der Waals surface area contributed by atoms with Crippen LogP contribution in [0.25, 0.3) is 11.5 Å². The van der Waals surface area contributed by atoms with Crippen LogP contribution in [0.15, 0.2) is 27.3 Å². The van der Waals surface area contributed by atoms with Crippen molar-refractivity contribution >= 4 is 15.9 Å². The third kappa shape index (κ3) is 2.50. The monoisotopic (exact) mass is 336 g/mol. The van der Waals surface area contributed by atoms with Crippen molar-refractivity contribution in [3.8, 4) is 11.5 Å². The van der Waals surface area contributed by atoms with Crippen molar-refractivity contribution in [2.45, 2.75) is 38.1 Å². The molecule has 0 unspecified atom stereocenters. The van der Waals surface area contributed by atoms with E-state index in [-0.39, 0.29) is 0 Å². The lowest BCUT2D eigenvalue weighted by atomic mass is 9.78. The predicted octanol–water partition coefficient (Wildman–Crippen LogP) is 3.26. The second-order valence-electron chi connectivity index (χ2n) is 5.60. The van der Waals surface area contributed by atoms with E-state index in [1.807, 2.05) is 12.1 Å². The smallest absolute Gasteiger partial charge is 0.247 e. The molecule has 1 aliphatic carbocycles. The molecule has 106 valence electrons. The third-order valence-corrected chi connectivity index (χ3v) is 4.63. The molecule has 0 amide bonds. The van der Waals surface area contributed by atoms with E-state index in [2.05, 4.69) is 38.0 Å². The maximum atomic E-state index is 6.44. The zero-order chi connectivity index (χ0) is 14.2. The molecule has 2 heterocycles. The summed E-state index contributed by atoms with van der Waals surface area (Å²) in [6, 6.07) is 3.75. The lowest BCUT2D eigenvalue weighted by Crippen LogP contribution is -2.40. The van der Waals surface area contributed by atoms with Crippen LogP contribution in [0.2, 0.25) is 0 Å². The van der Waals surface area contributed by atoms with Crippen LogP contribution in [0.5, 0.6) is 0 Å². The zero-order valence-electron chi connectivity index (χ0n) is 11.3. The van der Waals surface area contributed by atoms with Gasteiger partial charge >= 0.3 is 0 Å². The number of nitrogens with zero attached hydrogens (tertiary/aromatic N) is 3. The molecule has 1 fully saturated rings. The Balaban J connectivity index is 1.89. The van der Waals surface area contributed by atoms with Crippen LogP contribution in [-0.4, -0.2) is 15.1 Å². The number of aromatic nitrogens is 3. The molecule has 0 spiro atoms. The number of nitrogens with two attached hydrogens (primary N) is 1. The molecule has 5 nitrogen and oxygen atoms in total. The Kier molecular flexibility index (Phi) is 3.60. The summed E-state index contributed by atoms with van der Waals surface area (Å²) in [7, 11) is 0. The predicted molar refractivity (Wildman–Crippen MR) is 78.7 cm³/mol. The molecule has 3 rings (SSSR count). The summed E-state index contributed by atoms with van der Waals surface area (Å²) < 4.78 is 6.25. The molecular weight excluding hydrogens is 320 g/mol. The van der Waals surface area contributed by atoms with E-state index in [1.54, 1.807) is 6.20 Å². The van der Waals surface area contributed by atoms with Crippen LogP contribution in [-0.2, 0) is 5.54 Å². The summed E-state index contributed by atoms with van der Waals surface area (Å²) in [5, 5.41) is 4.03. The van der Waals surface area contributed by atoms with Crippen molar-refractivity contribution in [2.24, 2.45) is 11.7 Å². The second-order valence-corrected chi connectivity index (χ2v) is 6.45. The highest BCUT2D eigenvalue weighted by Gasteiger charge is 2.37. The maximum absolute atomic E-state index is 6.44. The fourth-order valence-corrected chi connectivity index (χ4v) is 3.00. The minimum absolute atomic E-state index is 0.482. The normalized spacial score (nSPS) is 26.6. The van der Waals surface area contributed by atoms with Gasteiger partial charge in [-0.15, -0.1) is 0 Å². The molecule has 2 aromatic heterocycles. The van der Waals surface area contributed by atoms with Gasteiger partial charge in [-0.25, -0.2) is 0 Å². The van der Waals surface area contributed by atoms with E-state index >= 15 is 0 Å². The maximum Gasteiger partial charge on any atom is 0.247 e. The van der Waals surface area contributed by atoms with Gasteiger partial charge < -0.3 is 10.3 Å². The highest BCUT2D eigenvalue weighted by Crippen LogP contribution is 2.37. The molecule has 0 radical (unpaired) electrons. The van der Waals surface area contributed by atoms with Gasteiger partial charge in [-0.2, -0.15) is 4.98 Å². The second kappa shape index (κ2) is 5.26. The van der Waals surface area contributed by atoms with Crippen LogP contribution >= 0.6 is 15.9 Å². The average molecular weight is 337 g/mol. The first-order valence-electron chi connectivity index (χ1n) is 6.82. The molecule has 0 saturated heterocycles. The molecule has 20 heavy (non-hydrogen) atoms. The van der Waals surface area contributed by atoms with Crippen molar-refractivity contribution in [1.29, 1.82) is 0 Å². The Morgan fingerprint density at radius 2 is 2.15 bits per heavy atom. The lowest BCUT2D eigenvalue weighted by Gasteiger charge is -2.32. The molecule has 0 atom stereocenters. The summed E-state index contributed by atoms with van der Waals surface area (Å²) in [5.74, 6) is 1.73. The first-order valence-corrected chi connectivity index (χ1v) is 7.62. The molecule has 6 heteroatoms. The first-order chi connectivity index (χ1) is 9.58. The Morgan fingerprint density at radius 1 is 1.40 bits per heavy atom. The molecule has 2 N–H and O–H groups in total. The SMILES string of the molecule is CC1CCC(N)(c2nc(-c3ncccc3Br)no2)CC1. The summed E-state index contributed by atoms with van der Waals surface area (Å²) >= 11 is 3.44. The van der Waals surface area contributed by atoms with E-state index in [1.165, 1.54) is 0 Å². The summed E-state index contributed by atoms with van der Waals surface area (Å²) in [5.41, 5.74) is 6.63. The first kappa shape index (κ1) is 13.7. The van der Waals surface area contributed by atoms with E-state index in [0.29, 0.717) is 17.4 Å². The third-order valence-electron chi connectivity index (χ3n) is 3.99. The fourth-order valence-electron chi connectivity index (χ4n) is 2.56. The number of halogens is 1. The molecule has 1 saturated carbocycles. The van der Waals surface area contributed by atoms with E-state index < -0.39 is 5.54 Å². The van der Waals surface area contributed by atoms with Crippen LogP contribution in [0.3, 0.4) is 0 Å². The molecule has 0 bridgehead atoms. The van der Waals surface area contributed by atoms with Gasteiger partial charge in [-0.1, -0.05) is 12.1 Å². The average Bonchev–Trinajstić information content (AvgIpc) is 2.93. The summed E-state index contributed by atoms with van der Waals surface area (Å²) in [6.07, 6.45) is 5.68. The van der Waals surface area contributed by atoms with Crippen LogP contribution in [0.4, 0.5) is 0 Å². The van der Waals surface area contributed by atoms with Crippen molar-refractivity contribution in [2.75, 3.05) is 0 Å². The minimum atomic E-state index is -0.487. The number of rotatable bonds is 2. The largest absolute Gasteiger partial charge is 0.337 e. The van der Waals surface area contributed by atoms with Gasteiger partial charge in [0.1, 0.15) is 5.69 Å². The van der Waals surface area contributed by atoms with Crippen molar-refractivity contribution in [3.63, 3.8) is 0 Å². The standard InChI is InChI=1S/C14H17BrN4O/c1-9-4-6-14(16,7-5-9)13-18-12(19-20-13)11-10(15)3-2-8-17-11/h2-3,8-9H,4-7,16H2,1H3. The summed E-state index contributed by atoms with van der Waals surface area (Å²) in [4.78, 5) is 8.74. The Morgan fingerprint density at radius 3 is 2.85 bits per heavy atom. The van der Waals surface area contributed by atoms with Gasteiger partial charge in [0.15, 0.2) is 0 Å². The van der Waals surface area contributed by atoms with E-state index in [4.69, 9.17) is 10.3 Å². The Bertz CT molecular complexity index is 605. The van der Waals surface area contributed by atoms with E-state index in [0.717, 1.165) is 36.1 Å². The molecule has 2 aromatic rings. The van der Waals surface area contributed by atoms with Gasteiger partial charge in [0.25, 0.3) is 0 Å². The number of hydrogen-bond donors (Lipinski definition) is 1. The molecule has 0 aromatic carbocycles.